The Morgan fingerprint density at radius 3 is 2.63 bits per heavy atom. The standard InChI is InChI=1S/C22H22N2O6/c1-26-10-9-24(22(25)16-5-8-19-21(11-16)29-14-28-19)13-17-12-20(30-23-17)15-3-6-18(27-2)7-4-15/h3-8,11-12H,9-10,13-14H2,1-2H3. The van der Waals surface area contributed by atoms with Crippen molar-refractivity contribution in [3.8, 4) is 28.6 Å². The van der Waals surface area contributed by atoms with E-state index < -0.39 is 0 Å². The van der Waals surface area contributed by atoms with Gasteiger partial charge in [-0.05, 0) is 42.5 Å². The molecule has 0 aliphatic carbocycles. The largest absolute Gasteiger partial charge is 0.497 e. The second-order valence-corrected chi connectivity index (χ2v) is 6.70. The van der Waals surface area contributed by atoms with Crippen LogP contribution in [0, 0.1) is 0 Å². The van der Waals surface area contributed by atoms with Gasteiger partial charge >= 0.3 is 0 Å². The minimum atomic E-state index is -0.153. The van der Waals surface area contributed by atoms with E-state index in [0.29, 0.717) is 41.7 Å². The highest BCUT2D eigenvalue weighted by Gasteiger charge is 2.21. The molecule has 0 bridgehead atoms. The number of benzene rings is 2. The number of methoxy groups -OCH3 is 2. The summed E-state index contributed by atoms with van der Waals surface area (Å²) in [7, 11) is 3.22. The van der Waals surface area contributed by atoms with Gasteiger partial charge in [-0.2, -0.15) is 0 Å². The Hall–Kier alpha value is -3.52. The Bertz CT molecular complexity index is 1010. The zero-order chi connectivity index (χ0) is 20.9. The molecule has 0 radical (unpaired) electrons. The van der Waals surface area contributed by atoms with Crippen LogP contribution in [0.1, 0.15) is 16.1 Å². The van der Waals surface area contributed by atoms with E-state index in [1.54, 1.807) is 37.3 Å². The fraction of sp³-hybridized carbons (Fsp3) is 0.273. The predicted octanol–water partition coefficient (Wildman–Crippen LogP) is 3.37. The van der Waals surface area contributed by atoms with Crippen LogP contribution in [0.3, 0.4) is 0 Å². The first kappa shape index (κ1) is 19.8. The quantitative estimate of drug-likeness (QED) is 0.563. The van der Waals surface area contributed by atoms with Gasteiger partial charge in [-0.15, -0.1) is 0 Å². The summed E-state index contributed by atoms with van der Waals surface area (Å²) in [5.74, 6) is 2.43. The van der Waals surface area contributed by atoms with Crippen LogP contribution in [0.4, 0.5) is 0 Å². The molecule has 1 aliphatic heterocycles. The molecule has 1 aromatic heterocycles. The third kappa shape index (κ3) is 4.23. The van der Waals surface area contributed by atoms with Gasteiger partial charge in [0.1, 0.15) is 11.4 Å². The lowest BCUT2D eigenvalue weighted by molar-refractivity contribution is 0.0675. The maximum absolute atomic E-state index is 13.1. The summed E-state index contributed by atoms with van der Waals surface area (Å²) in [6.45, 7) is 1.26. The summed E-state index contributed by atoms with van der Waals surface area (Å²) in [6, 6.07) is 14.5. The molecule has 30 heavy (non-hydrogen) atoms. The number of hydrogen-bond donors (Lipinski definition) is 0. The maximum atomic E-state index is 13.1. The molecule has 0 fully saturated rings. The molecule has 4 rings (SSSR count). The highest BCUT2D eigenvalue weighted by Crippen LogP contribution is 2.33. The molecule has 1 amide bonds. The molecule has 1 aliphatic rings. The van der Waals surface area contributed by atoms with Gasteiger partial charge in [0, 0.05) is 30.8 Å². The van der Waals surface area contributed by atoms with Gasteiger partial charge in [-0.25, -0.2) is 0 Å². The summed E-state index contributed by atoms with van der Waals surface area (Å²) in [6.07, 6.45) is 0. The summed E-state index contributed by atoms with van der Waals surface area (Å²) >= 11 is 0. The number of aromatic nitrogens is 1. The summed E-state index contributed by atoms with van der Waals surface area (Å²) < 4.78 is 26.5. The van der Waals surface area contributed by atoms with Gasteiger partial charge in [-0.3, -0.25) is 4.79 Å². The van der Waals surface area contributed by atoms with E-state index in [9.17, 15) is 4.79 Å². The van der Waals surface area contributed by atoms with E-state index in [-0.39, 0.29) is 19.2 Å². The van der Waals surface area contributed by atoms with Crippen LogP contribution in [0.25, 0.3) is 11.3 Å². The minimum Gasteiger partial charge on any atom is -0.497 e. The highest BCUT2D eigenvalue weighted by atomic mass is 16.7. The molecule has 0 saturated carbocycles. The van der Waals surface area contributed by atoms with Gasteiger partial charge in [0.25, 0.3) is 5.91 Å². The number of carbonyl (C=O) groups excluding carboxylic acids is 1. The molecule has 8 heteroatoms. The third-order valence-corrected chi connectivity index (χ3v) is 4.76. The number of carbonyl (C=O) groups is 1. The molecule has 0 N–H and O–H groups in total. The average Bonchev–Trinajstić information content (AvgIpc) is 3.45. The van der Waals surface area contributed by atoms with Gasteiger partial charge in [0.2, 0.25) is 6.79 Å². The second-order valence-electron chi connectivity index (χ2n) is 6.70. The molecule has 0 atom stereocenters. The van der Waals surface area contributed by atoms with Crippen molar-refractivity contribution in [3.63, 3.8) is 0 Å². The van der Waals surface area contributed by atoms with Crippen LogP contribution in [-0.2, 0) is 11.3 Å². The molecule has 8 nitrogen and oxygen atoms in total. The van der Waals surface area contributed by atoms with Crippen LogP contribution in [0.5, 0.6) is 17.2 Å². The van der Waals surface area contributed by atoms with E-state index in [2.05, 4.69) is 5.16 Å². The lowest BCUT2D eigenvalue weighted by Gasteiger charge is -2.21. The van der Waals surface area contributed by atoms with Crippen LogP contribution < -0.4 is 14.2 Å². The Morgan fingerprint density at radius 2 is 1.87 bits per heavy atom. The summed E-state index contributed by atoms with van der Waals surface area (Å²) in [5, 5.41) is 4.13. The van der Waals surface area contributed by atoms with Crippen LogP contribution in [0.15, 0.2) is 53.1 Å². The predicted molar refractivity (Wildman–Crippen MR) is 108 cm³/mol. The van der Waals surface area contributed by atoms with Crippen molar-refractivity contribution < 1.29 is 28.3 Å². The highest BCUT2D eigenvalue weighted by molar-refractivity contribution is 5.95. The SMILES string of the molecule is COCCN(Cc1cc(-c2ccc(OC)cc2)on1)C(=O)c1ccc2c(c1)OCO2. The third-order valence-electron chi connectivity index (χ3n) is 4.76. The molecule has 0 saturated heterocycles. The Labute approximate surface area is 173 Å². The Kier molecular flexibility index (Phi) is 5.85. The molecule has 3 aromatic rings. The van der Waals surface area contributed by atoms with Crippen LogP contribution >= 0.6 is 0 Å². The van der Waals surface area contributed by atoms with Crippen LogP contribution in [0.2, 0.25) is 0 Å². The van der Waals surface area contributed by atoms with Gasteiger partial charge in [-0.1, -0.05) is 5.16 Å². The van der Waals surface area contributed by atoms with Crippen molar-refractivity contribution in [2.75, 3.05) is 34.2 Å². The maximum Gasteiger partial charge on any atom is 0.254 e. The lowest BCUT2D eigenvalue weighted by atomic mass is 10.1. The molecular formula is C22H22N2O6. The number of hydrogen-bond acceptors (Lipinski definition) is 7. The normalized spacial score (nSPS) is 12.1. The van der Waals surface area contributed by atoms with E-state index in [4.69, 9.17) is 23.5 Å². The number of nitrogens with zero attached hydrogens (tertiary/aromatic N) is 2. The molecule has 156 valence electrons. The molecule has 0 spiro atoms. The summed E-state index contributed by atoms with van der Waals surface area (Å²) in [5.41, 5.74) is 2.03. The van der Waals surface area contributed by atoms with E-state index in [1.807, 2.05) is 30.3 Å². The fourth-order valence-electron chi connectivity index (χ4n) is 3.14. The first-order valence-electron chi connectivity index (χ1n) is 9.46. The fourth-order valence-corrected chi connectivity index (χ4v) is 3.14. The molecule has 2 aromatic carbocycles. The van der Waals surface area contributed by atoms with Crippen molar-refractivity contribution in [3.05, 3.63) is 59.8 Å². The number of fused-ring (bicyclic) bond motifs is 1. The van der Waals surface area contributed by atoms with Crippen LogP contribution in [-0.4, -0.2) is 50.1 Å². The van der Waals surface area contributed by atoms with Gasteiger partial charge < -0.3 is 28.4 Å². The lowest BCUT2D eigenvalue weighted by Crippen LogP contribution is -2.33. The number of rotatable bonds is 8. The van der Waals surface area contributed by atoms with Crippen molar-refractivity contribution in [2.45, 2.75) is 6.54 Å². The van der Waals surface area contributed by atoms with Crippen molar-refractivity contribution >= 4 is 5.91 Å². The number of amides is 1. The first-order chi connectivity index (χ1) is 14.7. The van der Waals surface area contributed by atoms with E-state index in [1.165, 1.54) is 0 Å². The molecule has 2 heterocycles. The van der Waals surface area contributed by atoms with Crippen molar-refractivity contribution in [1.29, 1.82) is 0 Å². The monoisotopic (exact) mass is 410 g/mol. The average molecular weight is 410 g/mol. The van der Waals surface area contributed by atoms with Crippen molar-refractivity contribution in [1.82, 2.24) is 10.1 Å². The molecule has 0 unspecified atom stereocenters. The second kappa shape index (κ2) is 8.87. The van der Waals surface area contributed by atoms with E-state index in [0.717, 1.165) is 11.3 Å². The minimum absolute atomic E-state index is 0.153. The molecular weight excluding hydrogens is 388 g/mol. The Morgan fingerprint density at radius 1 is 1.07 bits per heavy atom. The zero-order valence-corrected chi connectivity index (χ0v) is 16.8. The topological polar surface area (TPSA) is 83.3 Å². The summed E-state index contributed by atoms with van der Waals surface area (Å²) in [4.78, 5) is 14.8. The van der Waals surface area contributed by atoms with E-state index >= 15 is 0 Å². The van der Waals surface area contributed by atoms with Crippen molar-refractivity contribution in [2.24, 2.45) is 0 Å². The zero-order valence-electron chi connectivity index (χ0n) is 16.8. The first-order valence-corrected chi connectivity index (χ1v) is 9.46. The smallest absolute Gasteiger partial charge is 0.254 e. The Balaban J connectivity index is 1.51. The van der Waals surface area contributed by atoms with Gasteiger partial charge in [0.15, 0.2) is 17.3 Å². The van der Waals surface area contributed by atoms with Gasteiger partial charge in [0.05, 0.1) is 20.3 Å². The number of ether oxygens (including phenoxy) is 4.